The molecule has 0 aliphatic carbocycles. The first kappa shape index (κ1) is 28.1. The van der Waals surface area contributed by atoms with Gasteiger partial charge in [-0.15, -0.1) is 0 Å². The van der Waals surface area contributed by atoms with Crippen molar-refractivity contribution in [3.05, 3.63) is 0 Å². The Labute approximate surface area is 173 Å². The predicted molar refractivity (Wildman–Crippen MR) is 113 cm³/mol. The first-order valence-corrected chi connectivity index (χ1v) is 15.0. The largest absolute Gasteiger partial charge is 0.500 e. The van der Waals surface area contributed by atoms with Gasteiger partial charge in [-0.1, -0.05) is 6.92 Å². The summed E-state index contributed by atoms with van der Waals surface area (Å²) >= 11 is 0. The summed E-state index contributed by atoms with van der Waals surface area (Å²) in [5.74, 6) is 0. The van der Waals surface area contributed by atoms with Crippen LogP contribution < -0.4 is 4.72 Å². The molecule has 0 rings (SSSR count). The van der Waals surface area contributed by atoms with Crippen LogP contribution in [0.3, 0.4) is 0 Å². The maximum atomic E-state index is 11.6. The molecule has 12 heteroatoms. The number of nitrogens with one attached hydrogen (secondary N) is 1. The summed E-state index contributed by atoms with van der Waals surface area (Å²) in [4.78, 5) is 0. The number of rotatable bonds is 17. The second-order valence-corrected chi connectivity index (χ2v) is 15.2. The van der Waals surface area contributed by atoms with Gasteiger partial charge in [-0.3, -0.25) is 0 Å². The fourth-order valence-corrected chi connectivity index (χ4v) is 7.24. The van der Waals surface area contributed by atoms with Crippen LogP contribution in [0, 0.1) is 5.41 Å². The lowest BCUT2D eigenvalue weighted by Gasteiger charge is -2.32. The van der Waals surface area contributed by atoms with Crippen molar-refractivity contribution < 1.29 is 35.0 Å². The fourth-order valence-electron chi connectivity index (χ4n) is 3.18. The molecular formula is C16H39NO8SSi2. The van der Waals surface area contributed by atoms with Gasteiger partial charge in [0.25, 0.3) is 0 Å². The zero-order valence-electron chi connectivity index (χ0n) is 18.6. The minimum Gasteiger partial charge on any atom is -0.377 e. The average Bonchev–Trinajstić information content (AvgIpc) is 2.67. The molecule has 0 radical (unpaired) electrons. The van der Waals surface area contributed by atoms with Gasteiger partial charge >= 0.3 is 17.6 Å². The highest BCUT2D eigenvalue weighted by Crippen LogP contribution is 2.33. The molecule has 0 aromatic rings. The summed E-state index contributed by atoms with van der Waals surface area (Å²) < 4.78 is 58.7. The maximum Gasteiger partial charge on any atom is 0.500 e. The Balaban J connectivity index is 5.01. The van der Waals surface area contributed by atoms with Gasteiger partial charge in [0, 0.05) is 61.3 Å². The lowest BCUT2D eigenvalue weighted by Crippen LogP contribution is -2.44. The maximum absolute atomic E-state index is 11.6. The Kier molecular flexibility index (Phi) is 12.8. The SMILES string of the molecule is CO[Si](CCCC(C)(CCC[Si](OC)(OC)OC)CNS(C)(=O)=O)(OC)OC. The molecule has 0 amide bonds. The van der Waals surface area contributed by atoms with E-state index in [1.54, 1.807) is 42.7 Å². The van der Waals surface area contributed by atoms with Crippen LogP contribution in [0.25, 0.3) is 0 Å². The number of sulfonamides is 1. The second kappa shape index (κ2) is 12.7. The average molecular weight is 462 g/mol. The van der Waals surface area contributed by atoms with Crippen LogP contribution in [0.2, 0.25) is 12.1 Å². The fraction of sp³-hybridized carbons (Fsp3) is 1.00. The van der Waals surface area contributed by atoms with Crippen molar-refractivity contribution in [3.63, 3.8) is 0 Å². The summed E-state index contributed by atoms with van der Waals surface area (Å²) in [5, 5.41) is 0. The third-order valence-electron chi connectivity index (χ3n) is 5.15. The van der Waals surface area contributed by atoms with Gasteiger partial charge in [0.2, 0.25) is 10.0 Å². The second-order valence-electron chi connectivity index (χ2n) is 7.20. The molecule has 0 atom stereocenters. The van der Waals surface area contributed by atoms with Crippen LogP contribution in [0.1, 0.15) is 32.6 Å². The Morgan fingerprint density at radius 3 is 1.32 bits per heavy atom. The van der Waals surface area contributed by atoms with E-state index in [9.17, 15) is 8.42 Å². The van der Waals surface area contributed by atoms with E-state index in [-0.39, 0.29) is 5.41 Å². The third kappa shape index (κ3) is 9.74. The quantitative estimate of drug-likeness (QED) is 0.328. The molecule has 28 heavy (non-hydrogen) atoms. The number of hydrogen-bond acceptors (Lipinski definition) is 8. The van der Waals surface area contributed by atoms with Crippen LogP contribution in [0.5, 0.6) is 0 Å². The molecule has 0 saturated carbocycles. The van der Waals surface area contributed by atoms with Crippen LogP contribution >= 0.6 is 0 Å². The highest BCUT2D eigenvalue weighted by Gasteiger charge is 2.40. The molecule has 0 aliphatic rings. The molecule has 0 aromatic carbocycles. The van der Waals surface area contributed by atoms with Crippen LogP contribution in [-0.4, -0.2) is 81.5 Å². The zero-order chi connectivity index (χ0) is 21.9. The van der Waals surface area contributed by atoms with Crippen molar-refractivity contribution in [1.29, 1.82) is 0 Å². The minimum absolute atomic E-state index is 0.242. The molecule has 0 spiro atoms. The molecule has 0 saturated heterocycles. The Bertz CT molecular complexity index is 484. The summed E-state index contributed by atoms with van der Waals surface area (Å²) in [6, 6.07) is 1.33. The van der Waals surface area contributed by atoms with Gasteiger partial charge in [-0.2, -0.15) is 0 Å². The molecule has 1 N–H and O–H groups in total. The van der Waals surface area contributed by atoms with Gasteiger partial charge in [0.1, 0.15) is 0 Å². The highest BCUT2D eigenvalue weighted by molar-refractivity contribution is 7.88. The van der Waals surface area contributed by atoms with E-state index < -0.39 is 27.6 Å². The molecule has 0 bridgehead atoms. The zero-order valence-corrected chi connectivity index (χ0v) is 21.4. The Morgan fingerprint density at radius 2 is 1.07 bits per heavy atom. The number of hydrogen-bond donors (Lipinski definition) is 1. The van der Waals surface area contributed by atoms with Gasteiger partial charge in [0.05, 0.1) is 6.26 Å². The van der Waals surface area contributed by atoms with E-state index in [1.165, 1.54) is 6.26 Å². The first-order chi connectivity index (χ1) is 13.0. The van der Waals surface area contributed by atoms with Crippen molar-refractivity contribution in [2.45, 2.75) is 44.7 Å². The van der Waals surface area contributed by atoms with Crippen LogP contribution in [0.4, 0.5) is 0 Å². The third-order valence-corrected chi connectivity index (χ3v) is 11.5. The summed E-state index contributed by atoms with van der Waals surface area (Å²) in [6.07, 6.45) is 4.35. The van der Waals surface area contributed by atoms with Crippen LogP contribution in [-0.2, 0) is 36.6 Å². The van der Waals surface area contributed by atoms with E-state index in [2.05, 4.69) is 11.6 Å². The van der Waals surface area contributed by atoms with E-state index in [1.807, 2.05) is 0 Å². The Morgan fingerprint density at radius 1 is 0.750 bits per heavy atom. The molecule has 0 heterocycles. The molecule has 170 valence electrons. The van der Waals surface area contributed by atoms with E-state index in [4.69, 9.17) is 26.6 Å². The topological polar surface area (TPSA) is 102 Å². The lowest BCUT2D eigenvalue weighted by molar-refractivity contribution is 0.119. The van der Waals surface area contributed by atoms with E-state index in [0.29, 0.717) is 18.6 Å². The molecule has 0 fully saturated rings. The summed E-state index contributed by atoms with van der Waals surface area (Å²) in [6.45, 7) is 2.44. The van der Waals surface area contributed by atoms with Gasteiger partial charge in [-0.25, -0.2) is 13.1 Å². The van der Waals surface area contributed by atoms with Crippen molar-refractivity contribution in [2.75, 3.05) is 55.5 Å². The van der Waals surface area contributed by atoms with Crippen molar-refractivity contribution in [1.82, 2.24) is 4.72 Å². The van der Waals surface area contributed by atoms with Gasteiger partial charge in [0.15, 0.2) is 0 Å². The van der Waals surface area contributed by atoms with E-state index in [0.717, 1.165) is 25.7 Å². The normalized spacial score (nSPS) is 13.9. The molecule has 0 unspecified atom stereocenters. The molecule has 0 aromatic heterocycles. The summed E-state index contributed by atoms with van der Waals surface area (Å²) in [7, 11) is 0.981. The highest BCUT2D eigenvalue weighted by atomic mass is 32.2. The Hall–Kier alpha value is 0.104. The van der Waals surface area contributed by atoms with Crippen molar-refractivity contribution in [3.8, 4) is 0 Å². The van der Waals surface area contributed by atoms with Crippen molar-refractivity contribution >= 4 is 27.6 Å². The molecule has 9 nitrogen and oxygen atoms in total. The van der Waals surface area contributed by atoms with Crippen molar-refractivity contribution in [2.24, 2.45) is 5.41 Å². The predicted octanol–water partition coefficient (Wildman–Crippen LogP) is 1.86. The lowest BCUT2D eigenvalue weighted by atomic mass is 9.81. The minimum atomic E-state index is -3.27. The summed E-state index contributed by atoms with van der Waals surface area (Å²) in [5.41, 5.74) is -0.242. The molecular weight excluding hydrogens is 422 g/mol. The first-order valence-electron chi connectivity index (χ1n) is 9.24. The standard InChI is InChI=1S/C16H39NO8SSi2/c1-16(15-17-26(8,18)19,11-9-13-27(20-2,21-3)22-4)12-10-14-28(23-5,24-6)25-7/h17H,9-15H2,1-8H3. The smallest absolute Gasteiger partial charge is 0.377 e. The van der Waals surface area contributed by atoms with Gasteiger partial charge < -0.3 is 26.6 Å². The van der Waals surface area contributed by atoms with Gasteiger partial charge in [-0.05, 0) is 31.1 Å². The van der Waals surface area contributed by atoms with Crippen LogP contribution in [0.15, 0.2) is 0 Å². The molecule has 0 aliphatic heterocycles. The van der Waals surface area contributed by atoms with E-state index >= 15 is 0 Å². The monoisotopic (exact) mass is 461 g/mol.